The van der Waals surface area contributed by atoms with Crippen LogP contribution in [0, 0.1) is 0 Å². The first-order valence-electron chi connectivity index (χ1n) is 5.62. The summed E-state index contributed by atoms with van der Waals surface area (Å²) in [5, 5.41) is 2.74. The fourth-order valence-electron chi connectivity index (χ4n) is 1.43. The lowest BCUT2D eigenvalue weighted by Gasteiger charge is -2.21. The summed E-state index contributed by atoms with van der Waals surface area (Å²) in [7, 11) is 0. The maximum Gasteiger partial charge on any atom is 0.239 e. The number of carbonyl (C=O) groups excluding carboxylic acids is 1. The number of amides is 1. The minimum atomic E-state index is -0.0356. The van der Waals surface area contributed by atoms with Gasteiger partial charge in [0.15, 0.2) is 0 Å². The molecule has 0 aliphatic heterocycles. The van der Waals surface area contributed by atoms with Crippen LogP contribution in [0.2, 0.25) is 0 Å². The smallest absolute Gasteiger partial charge is 0.239 e. The Bertz CT molecular complexity index is 393. The minimum Gasteiger partial charge on any atom is -0.396 e. The summed E-state index contributed by atoms with van der Waals surface area (Å²) in [6, 6.07) is 3.45. The minimum absolute atomic E-state index is 0.0356. The maximum atomic E-state index is 11.5. The van der Waals surface area contributed by atoms with Crippen molar-refractivity contribution in [1.29, 1.82) is 0 Å². The molecule has 1 heterocycles. The number of nitrogens with one attached hydrogen (secondary N) is 1. The van der Waals surface area contributed by atoms with Gasteiger partial charge in [-0.25, -0.2) is 4.98 Å². The van der Waals surface area contributed by atoms with E-state index in [0.29, 0.717) is 24.6 Å². The van der Waals surface area contributed by atoms with Crippen molar-refractivity contribution in [3.8, 4) is 0 Å². The van der Waals surface area contributed by atoms with Crippen molar-refractivity contribution in [3.63, 3.8) is 0 Å². The van der Waals surface area contributed by atoms with Crippen LogP contribution in [0.3, 0.4) is 0 Å². The number of aromatic nitrogens is 1. The molecule has 0 saturated heterocycles. The van der Waals surface area contributed by atoms with Crippen molar-refractivity contribution in [2.45, 2.75) is 13.8 Å². The van der Waals surface area contributed by atoms with Gasteiger partial charge in [0.1, 0.15) is 11.6 Å². The van der Waals surface area contributed by atoms with E-state index in [2.05, 4.69) is 10.3 Å². The molecule has 1 aromatic heterocycles. The van der Waals surface area contributed by atoms with Gasteiger partial charge in [-0.05, 0) is 26.0 Å². The molecular weight excluding hydrogens is 218 g/mol. The predicted octanol–water partition coefficient (Wildman–Crippen LogP) is 0.208. The average molecular weight is 237 g/mol. The molecule has 0 bridgehead atoms. The van der Waals surface area contributed by atoms with Gasteiger partial charge in [-0.15, -0.1) is 0 Å². The number of rotatable bonds is 5. The Hall–Kier alpha value is -1.98. The Kier molecular flexibility index (Phi) is 4.56. The Morgan fingerprint density at radius 1 is 1.41 bits per heavy atom. The number of anilines is 3. The fraction of sp³-hybridized carbons (Fsp3) is 0.455. The van der Waals surface area contributed by atoms with E-state index in [9.17, 15) is 4.79 Å². The standard InChI is InChI=1S/C11H19N5O/c1-3-14-10(17)7-16(4-2)9-6-5-8(12)11(13)15-9/h5-6H,3-4,7,12H2,1-2H3,(H2,13,15)(H,14,17). The lowest BCUT2D eigenvalue weighted by atomic mass is 10.3. The van der Waals surface area contributed by atoms with Crippen LogP contribution in [-0.4, -0.2) is 30.5 Å². The molecule has 1 amide bonds. The quantitative estimate of drug-likeness (QED) is 0.680. The van der Waals surface area contributed by atoms with Crippen molar-refractivity contribution < 1.29 is 4.79 Å². The molecule has 0 aliphatic carbocycles. The molecule has 94 valence electrons. The van der Waals surface area contributed by atoms with Gasteiger partial charge in [-0.3, -0.25) is 4.79 Å². The van der Waals surface area contributed by atoms with Crippen LogP contribution in [0.25, 0.3) is 0 Å². The molecule has 0 radical (unpaired) electrons. The third-order valence-corrected chi connectivity index (χ3v) is 2.36. The fourth-order valence-corrected chi connectivity index (χ4v) is 1.43. The summed E-state index contributed by atoms with van der Waals surface area (Å²) < 4.78 is 0. The van der Waals surface area contributed by atoms with Gasteiger partial charge in [0.2, 0.25) is 5.91 Å². The van der Waals surface area contributed by atoms with Crippen LogP contribution in [0.1, 0.15) is 13.8 Å². The highest BCUT2D eigenvalue weighted by molar-refractivity contribution is 5.81. The van der Waals surface area contributed by atoms with E-state index in [1.54, 1.807) is 12.1 Å². The van der Waals surface area contributed by atoms with Crippen LogP contribution in [0.15, 0.2) is 12.1 Å². The molecule has 1 aromatic rings. The first-order chi connectivity index (χ1) is 8.08. The van der Waals surface area contributed by atoms with E-state index < -0.39 is 0 Å². The summed E-state index contributed by atoms with van der Waals surface area (Å²) in [5.41, 5.74) is 11.7. The summed E-state index contributed by atoms with van der Waals surface area (Å²) in [5.74, 6) is 0.911. The van der Waals surface area contributed by atoms with Crippen molar-refractivity contribution in [1.82, 2.24) is 10.3 Å². The number of hydrogen-bond donors (Lipinski definition) is 3. The zero-order chi connectivity index (χ0) is 12.8. The van der Waals surface area contributed by atoms with Crippen molar-refractivity contribution >= 4 is 23.2 Å². The average Bonchev–Trinajstić information content (AvgIpc) is 2.30. The molecule has 0 unspecified atom stereocenters. The lowest BCUT2D eigenvalue weighted by Crippen LogP contribution is -2.37. The molecule has 0 aromatic carbocycles. The summed E-state index contributed by atoms with van der Waals surface area (Å²) in [6.07, 6.45) is 0. The summed E-state index contributed by atoms with van der Waals surface area (Å²) in [6.45, 7) is 5.39. The van der Waals surface area contributed by atoms with Gasteiger partial charge in [0.05, 0.1) is 12.2 Å². The van der Waals surface area contributed by atoms with Gasteiger partial charge in [-0.1, -0.05) is 0 Å². The Morgan fingerprint density at radius 3 is 2.65 bits per heavy atom. The normalized spacial score (nSPS) is 10.0. The van der Waals surface area contributed by atoms with Gasteiger partial charge >= 0.3 is 0 Å². The third kappa shape index (κ3) is 3.51. The monoisotopic (exact) mass is 237 g/mol. The zero-order valence-electron chi connectivity index (χ0n) is 10.2. The van der Waals surface area contributed by atoms with Crippen LogP contribution in [0.4, 0.5) is 17.3 Å². The Labute approximate surface area is 101 Å². The zero-order valence-corrected chi connectivity index (χ0v) is 10.2. The number of likely N-dealkylation sites (N-methyl/N-ethyl adjacent to an activating group) is 2. The molecule has 0 atom stereocenters. The SMILES string of the molecule is CCNC(=O)CN(CC)c1ccc(N)c(N)n1. The summed E-state index contributed by atoms with van der Waals surface area (Å²) >= 11 is 0. The van der Waals surface area contributed by atoms with Crippen molar-refractivity contribution in [3.05, 3.63) is 12.1 Å². The van der Waals surface area contributed by atoms with E-state index in [1.165, 1.54) is 0 Å². The lowest BCUT2D eigenvalue weighted by molar-refractivity contribution is -0.119. The van der Waals surface area contributed by atoms with Crippen LogP contribution in [-0.2, 0) is 4.79 Å². The molecule has 5 N–H and O–H groups in total. The molecule has 6 nitrogen and oxygen atoms in total. The van der Waals surface area contributed by atoms with Crippen LogP contribution < -0.4 is 21.7 Å². The van der Waals surface area contributed by atoms with Gasteiger partial charge < -0.3 is 21.7 Å². The maximum absolute atomic E-state index is 11.5. The molecular formula is C11H19N5O. The number of hydrogen-bond acceptors (Lipinski definition) is 5. The van der Waals surface area contributed by atoms with Gasteiger partial charge in [0.25, 0.3) is 0 Å². The van der Waals surface area contributed by atoms with E-state index in [0.717, 1.165) is 0 Å². The molecule has 0 fully saturated rings. The number of nitrogen functional groups attached to an aromatic ring is 2. The van der Waals surface area contributed by atoms with Crippen LogP contribution in [0.5, 0.6) is 0 Å². The first kappa shape index (κ1) is 13.1. The Balaban J connectivity index is 2.79. The molecule has 17 heavy (non-hydrogen) atoms. The second-order valence-electron chi connectivity index (χ2n) is 3.61. The highest BCUT2D eigenvalue weighted by Gasteiger charge is 2.11. The number of nitrogens with two attached hydrogens (primary N) is 2. The van der Waals surface area contributed by atoms with E-state index >= 15 is 0 Å². The predicted molar refractivity (Wildman–Crippen MR) is 69.6 cm³/mol. The topological polar surface area (TPSA) is 97.3 Å². The Morgan fingerprint density at radius 2 is 2.12 bits per heavy atom. The molecule has 0 aliphatic rings. The summed E-state index contributed by atoms with van der Waals surface area (Å²) in [4.78, 5) is 17.5. The largest absolute Gasteiger partial charge is 0.396 e. The van der Waals surface area contributed by atoms with Crippen molar-refractivity contribution in [2.24, 2.45) is 0 Å². The third-order valence-electron chi connectivity index (χ3n) is 2.36. The molecule has 0 saturated carbocycles. The molecule has 6 heteroatoms. The second-order valence-corrected chi connectivity index (χ2v) is 3.61. The van der Waals surface area contributed by atoms with E-state index in [-0.39, 0.29) is 18.3 Å². The first-order valence-corrected chi connectivity index (χ1v) is 5.62. The number of pyridine rings is 1. The van der Waals surface area contributed by atoms with Gasteiger partial charge in [-0.2, -0.15) is 0 Å². The highest BCUT2D eigenvalue weighted by atomic mass is 16.2. The van der Waals surface area contributed by atoms with Crippen LogP contribution >= 0.6 is 0 Å². The van der Waals surface area contributed by atoms with E-state index in [4.69, 9.17) is 11.5 Å². The molecule has 1 rings (SSSR count). The van der Waals surface area contributed by atoms with Gasteiger partial charge in [0, 0.05) is 13.1 Å². The van der Waals surface area contributed by atoms with E-state index in [1.807, 2.05) is 18.7 Å². The number of nitrogens with zero attached hydrogens (tertiary/aromatic N) is 2. The highest BCUT2D eigenvalue weighted by Crippen LogP contribution is 2.17. The molecule has 0 spiro atoms. The van der Waals surface area contributed by atoms with Crippen molar-refractivity contribution in [2.75, 3.05) is 36.0 Å². The number of carbonyl (C=O) groups is 1. The second kappa shape index (κ2) is 5.93.